The van der Waals surface area contributed by atoms with Crippen LogP contribution in [0.1, 0.15) is 24.1 Å². The minimum absolute atomic E-state index is 0.321. The first-order valence-electron chi connectivity index (χ1n) is 8.71. The van der Waals surface area contributed by atoms with Crippen LogP contribution in [0.3, 0.4) is 0 Å². The molecule has 0 saturated carbocycles. The summed E-state index contributed by atoms with van der Waals surface area (Å²) in [7, 11) is -0.522. The summed E-state index contributed by atoms with van der Waals surface area (Å²) in [4.78, 5) is 12.6. The molecule has 0 heterocycles. The molecule has 2 rings (SSSR count). The molecule has 0 bridgehead atoms. The summed E-state index contributed by atoms with van der Waals surface area (Å²) in [6, 6.07) is 11.8. The quantitative estimate of drug-likeness (QED) is 0.729. The van der Waals surface area contributed by atoms with Gasteiger partial charge in [0.2, 0.25) is 15.9 Å². The molecule has 0 radical (unpaired) electrons. The van der Waals surface area contributed by atoms with Crippen LogP contribution in [0.2, 0.25) is 0 Å². The molecule has 28 heavy (non-hydrogen) atoms. The van der Waals surface area contributed by atoms with E-state index in [2.05, 4.69) is 5.32 Å². The van der Waals surface area contributed by atoms with Gasteiger partial charge in [-0.15, -0.1) is 0 Å². The smallest absolute Gasteiger partial charge is 0.241 e. The Labute approximate surface area is 166 Å². The number of carbonyl (C=O) groups excluding carboxylic acids is 1. The summed E-state index contributed by atoms with van der Waals surface area (Å²) < 4.78 is 36.1. The van der Waals surface area contributed by atoms with E-state index < -0.39 is 22.0 Å². The Hall–Kier alpha value is -2.74. The number of hydrogen-bond donors (Lipinski definition) is 1. The van der Waals surface area contributed by atoms with Crippen molar-refractivity contribution in [3.8, 4) is 11.5 Å². The van der Waals surface area contributed by atoms with Crippen LogP contribution in [-0.4, -0.2) is 41.3 Å². The largest absolute Gasteiger partial charge is 0.497 e. The number of methoxy groups -OCH3 is 2. The van der Waals surface area contributed by atoms with E-state index in [0.29, 0.717) is 17.2 Å². The average Bonchev–Trinajstić information content (AvgIpc) is 2.65. The molecule has 0 aromatic heterocycles. The zero-order valence-corrected chi connectivity index (χ0v) is 17.5. The second-order valence-electron chi connectivity index (χ2n) is 6.50. The lowest BCUT2D eigenvalue weighted by molar-refractivity contribution is -0.120. The molecule has 152 valence electrons. The molecule has 0 aliphatic rings. The van der Waals surface area contributed by atoms with Gasteiger partial charge >= 0.3 is 0 Å². The van der Waals surface area contributed by atoms with Crippen molar-refractivity contribution in [1.29, 1.82) is 0 Å². The highest BCUT2D eigenvalue weighted by Crippen LogP contribution is 2.29. The van der Waals surface area contributed by atoms with Gasteiger partial charge in [-0.1, -0.05) is 17.7 Å². The van der Waals surface area contributed by atoms with Crippen LogP contribution < -0.4 is 19.1 Å². The Kier molecular flexibility index (Phi) is 6.90. The second-order valence-corrected chi connectivity index (χ2v) is 8.41. The van der Waals surface area contributed by atoms with E-state index in [1.54, 1.807) is 63.6 Å². The van der Waals surface area contributed by atoms with Gasteiger partial charge < -0.3 is 14.8 Å². The number of sulfonamides is 1. The zero-order chi connectivity index (χ0) is 20.9. The third-order valence-electron chi connectivity index (χ3n) is 4.29. The molecule has 0 saturated heterocycles. The van der Waals surface area contributed by atoms with Gasteiger partial charge in [0.25, 0.3) is 0 Å². The minimum atomic E-state index is -3.62. The molecule has 1 amide bonds. The van der Waals surface area contributed by atoms with Crippen molar-refractivity contribution in [2.24, 2.45) is 0 Å². The minimum Gasteiger partial charge on any atom is -0.497 e. The number of nitrogens with one attached hydrogen (secondary N) is 1. The van der Waals surface area contributed by atoms with Crippen molar-refractivity contribution in [3.05, 3.63) is 53.6 Å². The first kappa shape index (κ1) is 21.6. The molecular weight excluding hydrogens is 380 g/mol. The van der Waals surface area contributed by atoms with Gasteiger partial charge in [0.1, 0.15) is 18.0 Å². The first-order valence-corrected chi connectivity index (χ1v) is 10.6. The molecule has 8 heteroatoms. The normalized spacial score (nSPS) is 12.2. The predicted molar refractivity (Wildman–Crippen MR) is 109 cm³/mol. The number of aryl methyl sites for hydroxylation is 1. The fourth-order valence-electron chi connectivity index (χ4n) is 2.78. The molecule has 1 N–H and O–H groups in total. The lowest BCUT2D eigenvalue weighted by atomic mass is 10.1. The number of rotatable bonds is 8. The number of ether oxygens (including phenoxy) is 2. The van der Waals surface area contributed by atoms with Gasteiger partial charge in [-0.3, -0.25) is 9.10 Å². The highest BCUT2D eigenvalue weighted by Gasteiger charge is 2.22. The summed E-state index contributed by atoms with van der Waals surface area (Å²) in [5.74, 6) is 0.810. The molecule has 2 aromatic rings. The number of carbonyl (C=O) groups is 1. The van der Waals surface area contributed by atoms with Crippen LogP contribution in [0, 0.1) is 6.92 Å². The molecule has 0 aliphatic heterocycles. The SMILES string of the molecule is COc1ccc(OC)c(C(C)NC(=O)CN(c2ccc(C)cc2)S(C)(=O)=O)c1. The molecule has 0 aliphatic carbocycles. The van der Waals surface area contributed by atoms with Crippen LogP contribution in [0.25, 0.3) is 0 Å². The molecule has 0 spiro atoms. The van der Waals surface area contributed by atoms with Crippen molar-refractivity contribution < 1.29 is 22.7 Å². The molecule has 0 fully saturated rings. The monoisotopic (exact) mass is 406 g/mol. The van der Waals surface area contributed by atoms with Gasteiger partial charge in [-0.2, -0.15) is 0 Å². The Morgan fingerprint density at radius 2 is 1.75 bits per heavy atom. The number of amides is 1. The average molecular weight is 407 g/mol. The zero-order valence-electron chi connectivity index (χ0n) is 16.7. The number of hydrogen-bond acceptors (Lipinski definition) is 5. The van der Waals surface area contributed by atoms with Crippen LogP contribution >= 0.6 is 0 Å². The summed E-state index contributed by atoms with van der Waals surface area (Å²) in [5, 5.41) is 2.83. The molecule has 7 nitrogen and oxygen atoms in total. The summed E-state index contributed by atoms with van der Waals surface area (Å²) in [6.07, 6.45) is 1.08. The van der Waals surface area contributed by atoms with Crippen LogP contribution in [0.15, 0.2) is 42.5 Å². The second kappa shape index (κ2) is 8.97. The van der Waals surface area contributed by atoms with Gasteiger partial charge in [-0.05, 0) is 44.2 Å². The maximum Gasteiger partial charge on any atom is 0.241 e. The Balaban J connectivity index is 2.20. The van der Waals surface area contributed by atoms with Crippen LogP contribution in [0.5, 0.6) is 11.5 Å². The highest BCUT2D eigenvalue weighted by molar-refractivity contribution is 7.92. The first-order chi connectivity index (χ1) is 13.2. The van der Waals surface area contributed by atoms with E-state index >= 15 is 0 Å². The lowest BCUT2D eigenvalue weighted by Crippen LogP contribution is -2.41. The fourth-order valence-corrected chi connectivity index (χ4v) is 3.64. The van der Waals surface area contributed by atoms with Gasteiger partial charge in [-0.25, -0.2) is 8.42 Å². The molecule has 1 unspecified atom stereocenters. The summed E-state index contributed by atoms with van der Waals surface area (Å²) in [5.41, 5.74) is 2.17. The highest BCUT2D eigenvalue weighted by atomic mass is 32.2. The van der Waals surface area contributed by atoms with Gasteiger partial charge in [0.05, 0.1) is 32.2 Å². The van der Waals surface area contributed by atoms with Gasteiger partial charge in [0, 0.05) is 5.56 Å². The Morgan fingerprint density at radius 1 is 1.11 bits per heavy atom. The van der Waals surface area contributed by atoms with Crippen molar-refractivity contribution in [2.75, 3.05) is 31.3 Å². The van der Waals surface area contributed by atoms with E-state index in [1.165, 1.54) is 0 Å². The molecule has 2 aromatic carbocycles. The summed E-state index contributed by atoms with van der Waals surface area (Å²) in [6.45, 7) is 3.38. The maximum atomic E-state index is 12.6. The van der Waals surface area contributed by atoms with Crippen LogP contribution in [0.4, 0.5) is 5.69 Å². The standard InChI is InChI=1S/C20H26N2O5S/c1-14-6-8-16(9-7-14)22(28(5,24)25)13-20(23)21-15(2)18-12-17(26-3)10-11-19(18)27-4/h6-12,15H,13H2,1-5H3,(H,21,23). The van der Waals surface area contributed by atoms with Crippen molar-refractivity contribution in [2.45, 2.75) is 19.9 Å². The topological polar surface area (TPSA) is 84.9 Å². The summed E-state index contributed by atoms with van der Waals surface area (Å²) >= 11 is 0. The van der Waals surface area contributed by atoms with E-state index in [4.69, 9.17) is 9.47 Å². The molecular formula is C20H26N2O5S. The van der Waals surface area contributed by atoms with E-state index in [0.717, 1.165) is 21.7 Å². The number of benzene rings is 2. The third kappa shape index (κ3) is 5.39. The van der Waals surface area contributed by atoms with E-state index in [1.807, 2.05) is 6.92 Å². The molecule has 1 atom stereocenters. The lowest BCUT2D eigenvalue weighted by Gasteiger charge is -2.24. The Morgan fingerprint density at radius 3 is 2.29 bits per heavy atom. The van der Waals surface area contributed by atoms with Crippen molar-refractivity contribution in [1.82, 2.24) is 5.32 Å². The fraction of sp³-hybridized carbons (Fsp3) is 0.350. The third-order valence-corrected chi connectivity index (χ3v) is 5.43. The number of nitrogens with zero attached hydrogens (tertiary/aromatic N) is 1. The Bertz CT molecular complexity index is 926. The number of anilines is 1. The van der Waals surface area contributed by atoms with Gasteiger partial charge in [0.15, 0.2) is 0 Å². The maximum absolute atomic E-state index is 12.6. The van der Waals surface area contributed by atoms with Crippen molar-refractivity contribution >= 4 is 21.6 Å². The van der Waals surface area contributed by atoms with E-state index in [-0.39, 0.29) is 6.54 Å². The van der Waals surface area contributed by atoms with Crippen LogP contribution in [-0.2, 0) is 14.8 Å². The predicted octanol–water partition coefficient (Wildman–Crippen LogP) is 2.66. The van der Waals surface area contributed by atoms with Crippen molar-refractivity contribution in [3.63, 3.8) is 0 Å². The van der Waals surface area contributed by atoms with E-state index in [9.17, 15) is 13.2 Å².